The number of carbonyl (C=O) groups is 1. The Morgan fingerprint density at radius 3 is 2.36 bits per heavy atom. The largest absolute Gasteiger partial charge is 0.496 e. The fourth-order valence-corrected chi connectivity index (χ4v) is 3.56. The number of Topliss-reactive ketones (excluding diaryl/α,β-unsaturated/α-hetero) is 1. The molecule has 0 bridgehead atoms. The minimum Gasteiger partial charge on any atom is -0.496 e. The molecule has 0 spiro atoms. The second-order valence-corrected chi connectivity index (χ2v) is 7.69. The molecule has 0 aromatic heterocycles. The molecule has 0 N–H and O–H groups in total. The highest BCUT2D eigenvalue weighted by atomic mass is 79.9. The molecule has 2 aromatic rings. The summed E-state index contributed by atoms with van der Waals surface area (Å²) in [5, 5.41) is 0. The van der Waals surface area contributed by atoms with Crippen LogP contribution in [0.1, 0.15) is 15.9 Å². The third-order valence-corrected chi connectivity index (χ3v) is 5.46. The molecule has 116 valence electrons. The lowest BCUT2D eigenvalue weighted by atomic mass is 10.1. The van der Waals surface area contributed by atoms with E-state index in [0.717, 1.165) is 5.56 Å². The van der Waals surface area contributed by atoms with Gasteiger partial charge in [-0.25, -0.2) is 8.42 Å². The van der Waals surface area contributed by atoms with Gasteiger partial charge in [-0.15, -0.1) is 0 Å². The van der Waals surface area contributed by atoms with Crippen molar-refractivity contribution in [1.29, 1.82) is 0 Å². The van der Waals surface area contributed by atoms with E-state index >= 15 is 0 Å². The Bertz CT molecular complexity index is 795. The summed E-state index contributed by atoms with van der Waals surface area (Å²) >= 11 is 3.29. The van der Waals surface area contributed by atoms with E-state index < -0.39 is 21.4 Å². The molecule has 2 aromatic carbocycles. The van der Waals surface area contributed by atoms with Crippen LogP contribution in [-0.2, 0) is 9.84 Å². The van der Waals surface area contributed by atoms with Crippen LogP contribution in [0.5, 0.6) is 5.75 Å². The summed E-state index contributed by atoms with van der Waals surface area (Å²) in [6, 6.07) is 11.2. The van der Waals surface area contributed by atoms with Gasteiger partial charge in [-0.2, -0.15) is 0 Å². The third-order valence-electron chi connectivity index (χ3n) is 3.17. The number of carbonyl (C=O) groups excluding carboxylic acids is 1. The highest BCUT2D eigenvalue weighted by Crippen LogP contribution is 2.26. The number of ether oxygens (including phenoxy) is 1. The predicted molar refractivity (Wildman–Crippen MR) is 88.3 cm³/mol. The number of benzene rings is 2. The Morgan fingerprint density at radius 1 is 1.14 bits per heavy atom. The second-order valence-electron chi connectivity index (χ2n) is 4.84. The van der Waals surface area contributed by atoms with Crippen molar-refractivity contribution in [2.24, 2.45) is 0 Å². The SMILES string of the molecule is COc1cc(C(=O)CS(=O)(=O)c2ccc(C)cc2)ccc1Br. The Labute approximate surface area is 138 Å². The van der Waals surface area contributed by atoms with Gasteiger partial charge in [0.1, 0.15) is 11.5 Å². The van der Waals surface area contributed by atoms with Crippen LogP contribution in [0.3, 0.4) is 0 Å². The van der Waals surface area contributed by atoms with Crippen LogP contribution < -0.4 is 4.74 Å². The average molecular weight is 383 g/mol. The number of hydrogen-bond donors (Lipinski definition) is 0. The molecule has 0 amide bonds. The van der Waals surface area contributed by atoms with E-state index in [1.807, 2.05) is 6.92 Å². The second kappa shape index (κ2) is 6.62. The predicted octanol–water partition coefficient (Wildman–Crippen LogP) is 3.42. The molecule has 0 aliphatic rings. The number of hydrogen-bond acceptors (Lipinski definition) is 4. The van der Waals surface area contributed by atoms with Crippen molar-refractivity contribution < 1.29 is 17.9 Å². The molecule has 0 fully saturated rings. The minimum atomic E-state index is -3.66. The molecule has 22 heavy (non-hydrogen) atoms. The van der Waals surface area contributed by atoms with E-state index in [1.54, 1.807) is 24.3 Å². The van der Waals surface area contributed by atoms with E-state index in [1.165, 1.54) is 25.3 Å². The number of ketones is 1. The van der Waals surface area contributed by atoms with Crippen molar-refractivity contribution >= 4 is 31.6 Å². The highest BCUT2D eigenvalue weighted by Gasteiger charge is 2.21. The molecule has 6 heteroatoms. The van der Waals surface area contributed by atoms with E-state index in [4.69, 9.17) is 4.74 Å². The summed E-state index contributed by atoms with van der Waals surface area (Å²) in [5.74, 6) is -0.550. The van der Waals surface area contributed by atoms with Gasteiger partial charge in [-0.3, -0.25) is 4.79 Å². The number of aryl methyl sites for hydroxylation is 1. The maximum absolute atomic E-state index is 12.3. The smallest absolute Gasteiger partial charge is 0.185 e. The molecule has 0 unspecified atom stereocenters. The first-order valence-corrected chi connectivity index (χ1v) is 8.94. The van der Waals surface area contributed by atoms with Gasteiger partial charge in [0.2, 0.25) is 0 Å². The van der Waals surface area contributed by atoms with Crippen LogP contribution in [0.25, 0.3) is 0 Å². The molecule has 0 aliphatic carbocycles. The van der Waals surface area contributed by atoms with Crippen LogP contribution in [0.4, 0.5) is 0 Å². The van der Waals surface area contributed by atoms with Gasteiger partial charge in [0.25, 0.3) is 0 Å². The van der Waals surface area contributed by atoms with Gasteiger partial charge in [-0.05, 0) is 53.2 Å². The lowest BCUT2D eigenvalue weighted by Gasteiger charge is -2.07. The van der Waals surface area contributed by atoms with Gasteiger partial charge < -0.3 is 4.74 Å². The van der Waals surface area contributed by atoms with Crippen molar-refractivity contribution in [1.82, 2.24) is 0 Å². The molecular formula is C16H15BrO4S. The topological polar surface area (TPSA) is 60.4 Å². The molecule has 0 aliphatic heterocycles. The molecule has 0 atom stereocenters. The fourth-order valence-electron chi connectivity index (χ4n) is 1.92. The summed E-state index contributed by atoms with van der Waals surface area (Å²) in [4.78, 5) is 12.4. The Kier molecular flexibility index (Phi) is 5.03. The maximum Gasteiger partial charge on any atom is 0.185 e. The number of rotatable bonds is 5. The molecule has 0 radical (unpaired) electrons. The molecule has 0 heterocycles. The normalized spacial score (nSPS) is 11.2. The van der Waals surface area contributed by atoms with Crippen molar-refractivity contribution in [3.63, 3.8) is 0 Å². The standard InChI is InChI=1S/C16H15BrO4S/c1-11-3-6-13(7-4-11)22(19,20)10-15(18)12-5-8-14(17)16(9-12)21-2/h3-9H,10H2,1-2H3. The summed E-state index contributed by atoms with van der Waals surface area (Å²) < 4.78 is 30.4. The van der Waals surface area contributed by atoms with Crippen molar-refractivity contribution in [3.05, 3.63) is 58.1 Å². The van der Waals surface area contributed by atoms with Crippen molar-refractivity contribution in [2.45, 2.75) is 11.8 Å². The quantitative estimate of drug-likeness (QED) is 0.743. The first kappa shape index (κ1) is 16.7. The van der Waals surface area contributed by atoms with Crippen molar-refractivity contribution in [3.8, 4) is 5.75 Å². The van der Waals surface area contributed by atoms with Crippen LogP contribution in [0, 0.1) is 6.92 Å². The van der Waals surface area contributed by atoms with Gasteiger partial charge in [0.15, 0.2) is 15.6 Å². The average Bonchev–Trinajstić information content (AvgIpc) is 2.47. The van der Waals surface area contributed by atoms with E-state index in [-0.39, 0.29) is 4.90 Å². The maximum atomic E-state index is 12.3. The minimum absolute atomic E-state index is 0.149. The molecule has 4 nitrogen and oxygen atoms in total. The zero-order valence-electron chi connectivity index (χ0n) is 12.2. The van der Waals surface area contributed by atoms with E-state index in [2.05, 4.69) is 15.9 Å². The Morgan fingerprint density at radius 2 is 1.77 bits per heavy atom. The van der Waals surface area contributed by atoms with Gasteiger partial charge in [-0.1, -0.05) is 17.7 Å². The number of methoxy groups -OCH3 is 1. The molecule has 2 rings (SSSR count). The van der Waals surface area contributed by atoms with Crippen LogP contribution in [0.2, 0.25) is 0 Å². The summed E-state index contributed by atoms with van der Waals surface area (Å²) in [6.07, 6.45) is 0. The van der Waals surface area contributed by atoms with Gasteiger partial charge >= 0.3 is 0 Å². The summed E-state index contributed by atoms with van der Waals surface area (Å²) in [6.45, 7) is 1.87. The first-order valence-electron chi connectivity index (χ1n) is 6.49. The van der Waals surface area contributed by atoms with E-state index in [0.29, 0.717) is 15.8 Å². The monoisotopic (exact) mass is 382 g/mol. The van der Waals surface area contributed by atoms with Gasteiger partial charge in [0.05, 0.1) is 16.5 Å². The van der Waals surface area contributed by atoms with E-state index in [9.17, 15) is 13.2 Å². The van der Waals surface area contributed by atoms with Crippen LogP contribution >= 0.6 is 15.9 Å². The lowest BCUT2D eigenvalue weighted by molar-refractivity contribution is 0.102. The zero-order valence-corrected chi connectivity index (χ0v) is 14.6. The summed E-state index contributed by atoms with van der Waals surface area (Å²) in [5.41, 5.74) is 1.26. The fraction of sp³-hybridized carbons (Fsp3) is 0.188. The molecule has 0 saturated heterocycles. The highest BCUT2D eigenvalue weighted by molar-refractivity contribution is 9.10. The number of halogens is 1. The first-order chi connectivity index (χ1) is 10.3. The molecule has 0 saturated carbocycles. The Hall–Kier alpha value is -1.66. The Balaban J connectivity index is 2.26. The number of sulfone groups is 1. The van der Waals surface area contributed by atoms with Crippen molar-refractivity contribution in [2.75, 3.05) is 12.9 Å². The van der Waals surface area contributed by atoms with Gasteiger partial charge in [0, 0.05) is 5.56 Å². The lowest BCUT2D eigenvalue weighted by Crippen LogP contribution is -2.16. The molecular weight excluding hydrogens is 368 g/mol. The van der Waals surface area contributed by atoms with Crippen LogP contribution in [-0.4, -0.2) is 27.1 Å². The summed E-state index contributed by atoms with van der Waals surface area (Å²) in [7, 11) is -2.17. The van der Waals surface area contributed by atoms with Crippen LogP contribution in [0.15, 0.2) is 51.8 Å². The third kappa shape index (κ3) is 3.75. The zero-order chi connectivity index (χ0) is 16.3.